The van der Waals surface area contributed by atoms with E-state index in [0.29, 0.717) is 6.54 Å². The molecule has 0 amide bonds. The molecule has 1 saturated heterocycles. The summed E-state index contributed by atoms with van der Waals surface area (Å²) < 4.78 is 1.01. The van der Waals surface area contributed by atoms with E-state index >= 15 is 0 Å². The molecule has 2 nitrogen and oxygen atoms in total. The number of Topliss-reactive ketones (excluding diaryl/α,β-unsaturated/α-hetero) is 1. The number of carbonyl (C=O) groups is 1. The molecule has 0 aromatic heterocycles. The van der Waals surface area contributed by atoms with E-state index in [1.54, 1.807) is 0 Å². The summed E-state index contributed by atoms with van der Waals surface area (Å²) in [5, 5.41) is 0. The maximum atomic E-state index is 12.0. The molecule has 2 rings (SSSR count). The van der Waals surface area contributed by atoms with Crippen LogP contribution in [0.3, 0.4) is 0 Å². The van der Waals surface area contributed by atoms with Crippen LogP contribution < -0.4 is 0 Å². The minimum Gasteiger partial charge on any atom is -0.294 e. The summed E-state index contributed by atoms with van der Waals surface area (Å²) in [6, 6.07) is 7.59. The second-order valence-corrected chi connectivity index (χ2v) is 5.96. The smallest absolute Gasteiger partial charge is 0.176 e. The summed E-state index contributed by atoms with van der Waals surface area (Å²) >= 11 is 5.33. The number of nitrogens with zero attached hydrogens (tertiary/aromatic N) is 1. The van der Waals surface area contributed by atoms with E-state index in [4.69, 9.17) is 0 Å². The molecule has 0 radical (unpaired) electrons. The number of benzene rings is 1. The Kier molecular flexibility index (Phi) is 4.44. The maximum absolute atomic E-state index is 12.0. The van der Waals surface area contributed by atoms with E-state index in [0.717, 1.165) is 34.6 Å². The van der Waals surface area contributed by atoms with Gasteiger partial charge in [0.25, 0.3) is 0 Å². The molecule has 1 heterocycles. The number of thioether (sulfide) groups is 1. The van der Waals surface area contributed by atoms with Crippen molar-refractivity contribution in [1.29, 1.82) is 0 Å². The normalized spacial score (nSPS) is 17.3. The summed E-state index contributed by atoms with van der Waals surface area (Å²) in [4.78, 5) is 14.2. The Morgan fingerprint density at radius 1 is 1.25 bits per heavy atom. The predicted molar refractivity (Wildman–Crippen MR) is 72.2 cm³/mol. The molecule has 4 heteroatoms. The second-order valence-electron chi connectivity index (χ2n) is 3.82. The van der Waals surface area contributed by atoms with Crippen LogP contribution in [0.25, 0.3) is 0 Å². The standard InChI is InChI=1S/C12H14BrNOS/c13-11-3-1-10(2-4-11)12(15)9-14-5-7-16-8-6-14/h1-4H,5-9H2. The van der Waals surface area contributed by atoms with E-state index in [1.807, 2.05) is 36.0 Å². The van der Waals surface area contributed by atoms with E-state index in [2.05, 4.69) is 20.8 Å². The zero-order valence-electron chi connectivity index (χ0n) is 8.99. The lowest BCUT2D eigenvalue weighted by Crippen LogP contribution is -2.36. The Morgan fingerprint density at radius 3 is 2.50 bits per heavy atom. The molecule has 0 N–H and O–H groups in total. The molecule has 1 aromatic carbocycles. The lowest BCUT2D eigenvalue weighted by atomic mass is 10.1. The van der Waals surface area contributed by atoms with Crippen LogP contribution in [0.1, 0.15) is 10.4 Å². The highest BCUT2D eigenvalue weighted by atomic mass is 79.9. The van der Waals surface area contributed by atoms with E-state index < -0.39 is 0 Å². The highest BCUT2D eigenvalue weighted by Gasteiger charge is 2.14. The topological polar surface area (TPSA) is 20.3 Å². The van der Waals surface area contributed by atoms with Crippen LogP contribution in [0.2, 0.25) is 0 Å². The Morgan fingerprint density at radius 2 is 1.88 bits per heavy atom. The number of carbonyl (C=O) groups excluding carboxylic acids is 1. The largest absolute Gasteiger partial charge is 0.294 e. The lowest BCUT2D eigenvalue weighted by Gasteiger charge is -2.25. The highest BCUT2D eigenvalue weighted by molar-refractivity contribution is 9.10. The fraction of sp³-hybridized carbons (Fsp3) is 0.417. The Bertz CT molecular complexity index is 360. The van der Waals surface area contributed by atoms with Gasteiger partial charge in [-0.1, -0.05) is 28.1 Å². The average Bonchev–Trinajstić information content (AvgIpc) is 2.31. The predicted octanol–water partition coefficient (Wildman–Crippen LogP) is 2.68. The summed E-state index contributed by atoms with van der Waals surface area (Å²) in [7, 11) is 0. The quantitative estimate of drug-likeness (QED) is 0.801. The van der Waals surface area contributed by atoms with E-state index in [1.165, 1.54) is 0 Å². The fourth-order valence-corrected chi connectivity index (χ4v) is 2.93. The van der Waals surface area contributed by atoms with Gasteiger partial charge in [-0.25, -0.2) is 0 Å². The molecule has 0 unspecified atom stereocenters. The average molecular weight is 300 g/mol. The molecule has 0 saturated carbocycles. The van der Waals surface area contributed by atoms with Gasteiger partial charge in [-0.05, 0) is 12.1 Å². The molecule has 86 valence electrons. The fourth-order valence-electron chi connectivity index (χ4n) is 1.69. The molecule has 1 aromatic rings. The third-order valence-electron chi connectivity index (χ3n) is 2.64. The van der Waals surface area contributed by atoms with Crippen LogP contribution in [0, 0.1) is 0 Å². The molecule has 1 aliphatic rings. The molecule has 16 heavy (non-hydrogen) atoms. The van der Waals surface area contributed by atoms with Crippen molar-refractivity contribution in [2.24, 2.45) is 0 Å². The Labute approximate surface area is 109 Å². The van der Waals surface area contributed by atoms with Gasteiger partial charge in [-0.3, -0.25) is 9.69 Å². The van der Waals surface area contributed by atoms with Crippen LogP contribution in [-0.2, 0) is 0 Å². The van der Waals surface area contributed by atoms with Crippen molar-refractivity contribution in [2.45, 2.75) is 0 Å². The first kappa shape index (κ1) is 12.1. The van der Waals surface area contributed by atoms with Gasteiger partial charge in [0.2, 0.25) is 0 Å². The molecule has 0 bridgehead atoms. The van der Waals surface area contributed by atoms with Crippen molar-refractivity contribution in [3.63, 3.8) is 0 Å². The first-order valence-electron chi connectivity index (χ1n) is 5.34. The van der Waals surface area contributed by atoms with Crippen LogP contribution in [-0.4, -0.2) is 41.8 Å². The number of hydrogen-bond donors (Lipinski definition) is 0. The zero-order chi connectivity index (χ0) is 11.4. The van der Waals surface area contributed by atoms with Gasteiger partial charge in [0, 0.05) is 34.6 Å². The van der Waals surface area contributed by atoms with Crippen LogP contribution in [0.5, 0.6) is 0 Å². The Balaban J connectivity index is 1.94. The number of hydrogen-bond acceptors (Lipinski definition) is 3. The number of rotatable bonds is 3. The number of ketones is 1. The van der Waals surface area contributed by atoms with Gasteiger partial charge in [0.1, 0.15) is 0 Å². The van der Waals surface area contributed by atoms with Crippen LogP contribution >= 0.6 is 27.7 Å². The van der Waals surface area contributed by atoms with Gasteiger partial charge in [0.05, 0.1) is 6.54 Å². The summed E-state index contributed by atoms with van der Waals surface area (Å²) in [5.41, 5.74) is 0.807. The van der Waals surface area contributed by atoms with E-state index in [9.17, 15) is 4.79 Å². The highest BCUT2D eigenvalue weighted by Crippen LogP contribution is 2.13. The van der Waals surface area contributed by atoms with Crippen molar-refractivity contribution in [3.05, 3.63) is 34.3 Å². The van der Waals surface area contributed by atoms with Gasteiger partial charge in [-0.15, -0.1) is 0 Å². The van der Waals surface area contributed by atoms with Crippen molar-refractivity contribution in [3.8, 4) is 0 Å². The first-order valence-corrected chi connectivity index (χ1v) is 7.29. The summed E-state index contributed by atoms with van der Waals surface area (Å²) in [5.74, 6) is 2.51. The van der Waals surface area contributed by atoms with Crippen LogP contribution in [0.15, 0.2) is 28.7 Å². The van der Waals surface area contributed by atoms with Crippen molar-refractivity contribution >= 4 is 33.5 Å². The second kappa shape index (κ2) is 5.84. The molecule has 0 spiro atoms. The summed E-state index contributed by atoms with van der Waals surface area (Å²) in [6.45, 7) is 2.63. The lowest BCUT2D eigenvalue weighted by molar-refractivity contribution is 0.0937. The number of halogens is 1. The molecule has 0 atom stereocenters. The van der Waals surface area contributed by atoms with Crippen molar-refractivity contribution < 1.29 is 4.79 Å². The SMILES string of the molecule is O=C(CN1CCSCC1)c1ccc(Br)cc1. The van der Waals surface area contributed by atoms with Crippen molar-refractivity contribution in [1.82, 2.24) is 4.90 Å². The summed E-state index contributed by atoms with van der Waals surface area (Å²) in [6.07, 6.45) is 0. The van der Waals surface area contributed by atoms with Gasteiger partial charge in [-0.2, -0.15) is 11.8 Å². The third-order valence-corrected chi connectivity index (χ3v) is 4.11. The molecular formula is C12H14BrNOS. The zero-order valence-corrected chi connectivity index (χ0v) is 11.4. The molecule has 1 aliphatic heterocycles. The van der Waals surface area contributed by atoms with Crippen molar-refractivity contribution in [2.75, 3.05) is 31.1 Å². The van der Waals surface area contributed by atoms with Crippen LogP contribution in [0.4, 0.5) is 0 Å². The van der Waals surface area contributed by atoms with Gasteiger partial charge < -0.3 is 0 Å². The molecule has 1 fully saturated rings. The van der Waals surface area contributed by atoms with Gasteiger partial charge in [0.15, 0.2) is 5.78 Å². The molecular weight excluding hydrogens is 286 g/mol. The molecule has 0 aliphatic carbocycles. The third kappa shape index (κ3) is 3.34. The minimum absolute atomic E-state index is 0.222. The minimum atomic E-state index is 0.222. The van der Waals surface area contributed by atoms with E-state index in [-0.39, 0.29) is 5.78 Å². The maximum Gasteiger partial charge on any atom is 0.176 e. The Hall–Kier alpha value is -0.320. The first-order chi connectivity index (χ1) is 7.75. The van der Waals surface area contributed by atoms with Gasteiger partial charge >= 0.3 is 0 Å². The monoisotopic (exact) mass is 299 g/mol.